The Labute approximate surface area is 115 Å². The summed E-state index contributed by atoms with van der Waals surface area (Å²) in [4.78, 5) is 6.95. The molecule has 5 heteroatoms. The summed E-state index contributed by atoms with van der Waals surface area (Å²) in [6.45, 7) is 12.5. The molecule has 1 aromatic rings. The van der Waals surface area contributed by atoms with Gasteiger partial charge in [-0.3, -0.25) is 4.90 Å². The van der Waals surface area contributed by atoms with Crippen LogP contribution in [0, 0.1) is 0 Å². The summed E-state index contributed by atoms with van der Waals surface area (Å²) in [6.07, 6.45) is 2.50. The highest BCUT2D eigenvalue weighted by Crippen LogP contribution is 2.20. The first-order valence-corrected chi connectivity index (χ1v) is 7.28. The molecule has 2 heterocycles. The number of nitrogens with zero attached hydrogens (tertiary/aromatic N) is 3. The van der Waals surface area contributed by atoms with Gasteiger partial charge in [-0.2, -0.15) is 4.98 Å². The summed E-state index contributed by atoms with van der Waals surface area (Å²) >= 11 is 0. The van der Waals surface area contributed by atoms with Crippen LogP contribution < -0.4 is 5.32 Å². The molecule has 1 atom stereocenters. The molecule has 5 nitrogen and oxygen atoms in total. The lowest BCUT2D eigenvalue weighted by molar-refractivity contribution is 0.147. The molecule has 1 N–H and O–H groups in total. The number of likely N-dealkylation sites (N-methyl/N-ethyl adjacent to an activating group) is 1. The van der Waals surface area contributed by atoms with E-state index in [1.54, 1.807) is 0 Å². The van der Waals surface area contributed by atoms with Crippen molar-refractivity contribution in [3.63, 3.8) is 0 Å². The average Bonchev–Trinajstić information content (AvgIpc) is 2.85. The molecule has 1 aliphatic heterocycles. The third-order valence-corrected chi connectivity index (χ3v) is 3.67. The lowest BCUT2D eigenvalue weighted by Gasteiger charge is -2.32. The van der Waals surface area contributed by atoms with Crippen LogP contribution in [0.2, 0.25) is 0 Å². The molecule has 0 aliphatic carbocycles. The third kappa shape index (κ3) is 3.76. The van der Waals surface area contributed by atoms with Crippen LogP contribution in [0.5, 0.6) is 0 Å². The maximum absolute atomic E-state index is 5.39. The van der Waals surface area contributed by atoms with E-state index in [1.807, 2.05) is 0 Å². The molecule has 1 fully saturated rings. The Hall–Kier alpha value is -0.940. The molecule has 1 aromatic heterocycles. The molecule has 19 heavy (non-hydrogen) atoms. The van der Waals surface area contributed by atoms with Crippen molar-refractivity contribution in [3.8, 4) is 0 Å². The molecule has 1 saturated heterocycles. The molecule has 108 valence electrons. The van der Waals surface area contributed by atoms with E-state index in [2.05, 4.69) is 48.1 Å². The van der Waals surface area contributed by atoms with Crippen LogP contribution in [0.1, 0.15) is 52.3 Å². The summed E-state index contributed by atoms with van der Waals surface area (Å²) < 4.78 is 5.39. The minimum absolute atomic E-state index is 0.0504. The van der Waals surface area contributed by atoms with E-state index in [4.69, 9.17) is 4.52 Å². The molecule has 0 bridgehead atoms. The number of hydrogen-bond acceptors (Lipinski definition) is 5. The lowest BCUT2D eigenvalue weighted by atomic mass is 9.96. The zero-order valence-electron chi connectivity index (χ0n) is 12.6. The van der Waals surface area contributed by atoms with Gasteiger partial charge in [0, 0.05) is 18.0 Å². The van der Waals surface area contributed by atoms with Crippen LogP contribution in [-0.2, 0) is 12.0 Å². The first-order valence-electron chi connectivity index (χ1n) is 7.28. The first-order chi connectivity index (χ1) is 9.00. The van der Waals surface area contributed by atoms with Crippen molar-refractivity contribution >= 4 is 0 Å². The van der Waals surface area contributed by atoms with E-state index in [-0.39, 0.29) is 5.41 Å². The first kappa shape index (κ1) is 14.5. The van der Waals surface area contributed by atoms with Crippen molar-refractivity contribution in [2.45, 2.75) is 58.5 Å². The van der Waals surface area contributed by atoms with E-state index in [0.29, 0.717) is 6.04 Å². The van der Waals surface area contributed by atoms with E-state index < -0.39 is 0 Å². The number of nitrogens with one attached hydrogen (secondary N) is 1. The highest BCUT2D eigenvalue weighted by molar-refractivity contribution is 5.00. The largest absolute Gasteiger partial charge is 0.338 e. The molecule has 0 saturated carbocycles. The second kappa shape index (κ2) is 6.01. The highest BCUT2D eigenvalue weighted by atomic mass is 16.5. The maximum Gasteiger partial charge on any atom is 0.240 e. The summed E-state index contributed by atoms with van der Waals surface area (Å²) in [5.41, 5.74) is -0.0504. The van der Waals surface area contributed by atoms with Gasteiger partial charge in [0.1, 0.15) is 0 Å². The summed E-state index contributed by atoms with van der Waals surface area (Å²) in [6, 6.07) is 0.587. The SMILES string of the molecule is CCN(Cc1nc(C(C)(C)C)no1)C1CCCNC1. The second-order valence-electron chi connectivity index (χ2n) is 6.32. The van der Waals surface area contributed by atoms with Crippen LogP contribution in [0.15, 0.2) is 4.52 Å². The van der Waals surface area contributed by atoms with E-state index in [9.17, 15) is 0 Å². The van der Waals surface area contributed by atoms with Crippen molar-refractivity contribution in [1.29, 1.82) is 0 Å². The van der Waals surface area contributed by atoms with Crippen LogP contribution >= 0.6 is 0 Å². The Morgan fingerprint density at radius 2 is 2.21 bits per heavy atom. The quantitative estimate of drug-likeness (QED) is 0.902. The monoisotopic (exact) mass is 266 g/mol. The Kier molecular flexibility index (Phi) is 4.58. The molecule has 0 aromatic carbocycles. The van der Waals surface area contributed by atoms with Gasteiger partial charge < -0.3 is 9.84 Å². The predicted molar refractivity (Wildman–Crippen MR) is 75.0 cm³/mol. The highest BCUT2D eigenvalue weighted by Gasteiger charge is 2.24. The minimum atomic E-state index is -0.0504. The van der Waals surface area contributed by atoms with Crippen molar-refractivity contribution in [2.24, 2.45) is 0 Å². The van der Waals surface area contributed by atoms with Gasteiger partial charge >= 0.3 is 0 Å². The number of hydrogen-bond donors (Lipinski definition) is 1. The Morgan fingerprint density at radius 3 is 2.74 bits per heavy atom. The van der Waals surface area contributed by atoms with Gasteiger partial charge in [-0.05, 0) is 25.9 Å². The van der Waals surface area contributed by atoms with Crippen molar-refractivity contribution < 1.29 is 4.52 Å². The number of piperidine rings is 1. The lowest BCUT2D eigenvalue weighted by Crippen LogP contribution is -2.45. The second-order valence-corrected chi connectivity index (χ2v) is 6.32. The Balaban J connectivity index is 1.99. The number of aromatic nitrogens is 2. The van der Waals surface area contributed by atoms with Crippen molar-refractivity contribution in [2.75, 3.05) is 19.6 Å². The van der Waals surface area contributed by atoms with Gasteiger partial charge in [0.05, 0.1) is 6.54 Å². The zero-order chi connectivity index (χ0) is 13.9. The number of rotatable bonds is 4. The Morgan fingerprint density at radius 1 is 1.42 bits per heavy atom. The standard InChI is InChI=1S/C14H26N4O/c1-5-18(11-7-6-8-15-9-11)10-12-16-13(17-19-12)14(2,3)4/h11,15H,5-10H2,1-4H3. The van der Waals surface area contributed by atoms with Gasteiger partial charge in [-0.1, -0.05) is 32.9 Å². The van der Waals surface area contributed by atoms with Crippen LogP contribution in [0.25, 0.3) is 0 Å². The van der Waals surface area contributed by atoms with Crippen LogP contribution in [-0.4, -0.2) is 40.7 Å². The third-order valence-electron chi connectivity index (χ3n) is 3.67. The summed E-state index contributed by atoms with van der Waals surface area (Å²) in [5.74, 6) is 1.53. The predicted octanol–water partition coefficient (Wildman–Crippen LogP) is 1.94. The van der Waals surface area contributed by atoms with Crippen molar-refractivity contribution in [3.05, 3.63) is 11.7 Å². The molecule has 1 aliphatic rings. The molecular weight excluding hydrogens is 240 g/mol. The maximum atomic E-state index is 5.39. The minimum Gasteiger partial charge on any atom is -0.338 e. The summed E-state index contributed by atoms with van der Waals surface area (Å²) in [5, 5.41) is 7.55. The molecule has 1 unspecified atom stereocenters. The van der Waals surface area contributed by atoms with Gasteiger partial charge in [0.15, 0.2) is 5.82 Å². The zero-order valence-corrected chi connectivity index (χ0v) is 12.6. The fourth-order valence-electron chi connectivity index (χ4n) is 2.44. The molecule has 0 spiro atoms. The molecular formula is C14H26N4O. The molecule has 0 amide bonds. The van der Waals surface area contributed by atoms with Gasteiger partial charge in [-0.15, -0.1) is 0 Å². The van der Waals surface area contributed by atoms with Gasteiger partial charge in [0.2, 0.25) is 5.89 Å². The smallest absolute Gasteiger partial charge is 0.240 e. The molecule has 0 radical (unpaired) electrons. The van der Waals surface area contributed by atoms with Crippen molar-refractivity contribution in [1.82, 2.24) is 20.4 Å². The van der Waals surface area contributed by atoms with E-state index in [1.165, 1.54) is 12.8 Å². The van der Waals surface area contributed by atoms with Crippen LogP contribution in [0.3, 0.4) is 0 Å². The van der Waals surface area contributed by atoms with Crippen LogP contribution in [0.4, 0.5) is 0 Å². The molecule has 2 rings (SSSR count). The average molecular weight is 266 g/mol. The topological polar surface area (TPSA) is 54.2 Å². The summed E-state index contributed by atoms with van der Waals surface area (Å²) in [7, 11) is 0. The van der Waals surface area contributed by atoms with E-state index in [0.717, 1.165) is 37.9 Å². The fourth-order valence-corrected chi connectivity index (χ4v) is 2.44. The van der Waals surface area contributed by atoms with Gasteiger partial charge in [-0.25, -0.2) is 0 Å². The fraction of sp³-hybridized carbons (Fsp3) is 0.857. The van der Waals surface area contributed by atoms with E-state index >= 15 is 0 Å². The normalized spacial score (nSPS) is 21.0. The van der Waals surface area contributed by atoms with Gasteiger partial charge in [0.25, 0.3) is 0 Å². The Bertz CT molecular complexity index is 390.